The highest BCUT2D eigenvalue weighted by Crippen LogP contribution is 2.21. The fourth-order valence-corrected chi connectivity index (χ4v) is 1.52. The first-order chi connectivity index (χ1) is 5.82. The Kier molecular flexibility index (Phi) is 2.63. The van der Waals surface area contributed by atoms with Gasteiger partial charge in [-0.15, -0.1) is 12.6 Å². The molecular weight excluding hydrogens is 218 g/mol. The Balaban J connectivity index is 3.47. The van der Waals surface area contributed by atoms with Crippen LogP contribution in [0.1, 0.15) is 0 Å². The Bertz CT molecular complexity index is 417. The highest BCUT2D eigenvalue weighted by molar-refractivity contribution is 7.90. The molecule has 0 atom stereocenters. The highest BCUT2D eigenvalue weighted by atomic mass is 32.2. The van der Waals surface area contributed by atoms with E-state index in [-0.39, 0.29) is 4.90 Å². The maximum absolute atomic E-state index is 12.8. The van der Waals surface area contributed by atoms with Crippen LogP contribution in [0.2, 0.25) is 0 Å². The zero-order valence-electron chi connectivity index (χ0n) is 6.58. The second-order valence-corrected chi connectivity index (χ2v) is 4.97. The van der Waals surface area contributed by atoms with Crippen LogP contribution in [0.15, 0.2) is 21.9 Å². The molecule has 0 radical (unpaired) electrons. The van der Waals surface area contributed by atoms with Crippen LogP contribution in [-0.2, 0) is 9.84 Å². The molecule has 2 nitrogen and oxygen atoms in total. The van der Waals surface area contributed by atoms with Crippen LogP contribution in [-0.4, -0.2) is 14.7 Å². The summed E-state index contributed by atoms with van der Waals surface area (Å²) in [6, 6.07) is 1.47. The Labute approximate surface area is 79.9 Å². The smallest absolute Gasteiger partial charge is 0.175 e. The molecule has 13 heavy (non-hydrogen) atoms. The molecule has 0 heterocycles. The average Bonchev–Trinajstić information content (AvgIpc) is 1.97. The number of rotatable bonds is 1. The number of benzene rings is 1. The lowest BCUT2D eigenvalue weighted by Crippen LogP contribution is -1.99. The van der Waals surface area contributed by atoms with E-state index in [9.17, 15) is 17.2 Å². The molecule has 0 saturated heterocycles. The first-order valence-corrected chi connectivity index (χ1v) is 5.54. The van der Waals surface area contributed by atoms with Gasteiger partial charge in [0.2, 0.25) is 0 Å². The van der Waals surface area contributed by atoms with Crippen molar-refractivity contribution in [3.63, 3.8) is 0 Å². The molecule has 1 rings (SSSR count). The normalized spacial score (nSPS) is 11.7. The fourth-order valence-electron chi connectivity index (χ4n) is 0.756. The zero-order chi connectivity index (χ0) is 10.2. The molecule has 0 bridgehead atoms. The summed E-state index contributed by atoms with van der Waals surface area (Å²) in [4.78, 5) is -0.868. The molecule has 6 heteroatoms. The summed E-state index contributed by atoms with van der Waals surface area (Å²) in [5.41, 5.74) is 0. The number of hydrogen-bond acceptors (Lipinski definition) is 3. The van der Waals surface area contributed by atoms with Crippen LogP contribution in [0.4, 0.5) is 8.78 Å². The fraction of sp³-hybridized carbons (Fsp3) is 0.143. The lowest BCUT2D eigenvalue weighted by molar-refractivity contribution is 0.532. The van der Waals surface area contributed by atoms with Crippen LogP contribution < -0.4 is 0 Å². The molecular formula is C7H6F2O2S2. The third-order valence-corrected chi connectivity index (χ3v) is 2.94. The molecule has 0 unspecified atom stereocenters. The summed E-state index contributed by atoms with van der Waals surface area (Å²) >= 11 is 3.51. The van der Waals surface area contributed by atoms with Crippen molar-refractivity contribution in [2.45, 2.75) is 9.79 Å². The van der Waals surface area contributed by atoms with Gasteiger partial charge < -0.3 is 0 Å². The first kappa shape index (κ1) is 10.5. The van der Waals surface area contributed by atoms with Gasteiger partial charge in [0, 0.05) is 6.26 Å². The molecule has 72 valence electrons. The molecule has 0 fully saturated rings. The molecule has 0 spiro atoms. The van der Waals surface area contributed by atoms with E-state index in [2.05, 4.69) is 12.6 Å². The predicted octanol–water partition coefficient (Wildman–Crippen LogP) is 1.66. The molecule has 0 aliphatic rings. The minimum absolute atomic E-state index is 0.389. The molecule has 1 aromatic rings. The van der Waals surface area contributed by atoms with Crippen molar-refractivity contribution < 1.29 is 17.2 Å². The Morgan fingerprint density at radius 2 is 1.62 bits per heavy atom. The Morgan fingerprint density at radius 1 is 1.23 bits per heavy atom. The lowest BCUT2D eigenvalue weighted by Gasteiger charge is -2.01. The van der Waals surface area contributed by atoms with Crippen molar-refractivity contribution in [3.05, 3.63) is 23.8 Å². The molecule has 0 saturated carbocycles. The maximum atomic E-state index is 12.8. The predicted molar refractivity (Wildman–Crippen MR) is 46.7 cm³/mol. The number of sulfone groups is 1. The average molecular weight is 224 g/mol. The van der Waals surface area contributed by atoms with Crippen molar-refractivity contribution in [2.75, 3.05) is 6.26 Å². The van der Waals surface area contributed by atoms with Gasteiger partial charge in [-0.25, -0.2) is 17.2 Å². The molecule has 0 amide bonds. The van der Waals surface area contributed by atoms with Crippen LogP contribution in [0.3, 0.4) is 0 Å². The number of thiol groups is 1. The van der Waals surface area contributed by atoms with E-state index in [0.29, 0.717) is 0 Å². The van der Waals surface area contributed by atoms with Gasteiger partial charge >= 0.3 is 0 Å². The molecule has 0 N–H and O–H groups in total. The standard InChI is InChI=1S/C7H6F2O2S2/c1-13(10,11)4-2-5(8)7(12)6(9)3-4/h2-3,12H,1H3. The lowest BCUT2D eigenvalue weighted by atomic mass is 10.3. The van der Waals surface area contributed by atoms with Crippen molar-refractivity contribution in [3.8, 4) is 0 Å². The minimum Gasteiger partial charge on any atom is -0.224 e. The van der Waals surface area contributed by atoms with E-state index in [1.807, 2.05) is 0 Å². The highest BCUT2D eigenvalue weighted by Gasteiger charge is 2.13. The van der Waals surface area contributed by atoms with E-state index in [4.69, 9.17) is 0 Å². The third kappa shape index (κ3) is 2.19. The van der Waals surface area contributed by atoms with Crippen molar-refractivity contribution in [1.29, 1.82) is 0 Å². The third-order valence-electron chi connectivity index (χ3n) is 1.42. The zero-order valence-corrected chi connectivity index (χ0v) is 8.29. The SMILES string of the molecule is CS(=O)(=O)c1cc(F)c(S)c(F)c1. The van der Waals surface area contributed by atoms with Crippen LogP contribution in [0, 0.1) is 11.6 Å². The molecule has 0 aromatic heterocycles. The largest absolute Gasteiger partial charge is 0.224 e. The minimum atomic E-state index is -3.58. The second kappa shape index (κ2) is 3.26. The first-order valence-electron chi connectivity index (χ1n) is 3.20. The summed E-state index contributed by atoms with van der Waals surface area (Å²) in [7, 11) is -3.58. The molecule has 1 aromatic carbocycles. The summed E-state index contributed by atoms with van der Waals surface area (Å²) in [5, 5.41) is 0. The van der Waals surface area contributed by atoms with Gasteiger partial charge in [-0.3, -0.25) is 0 Å². The van der Waals surface area contributed by atoms with Crippen molar-refractivity contribution in [2.24, 2.45) is 0 Å². The van der Waals surface area contributed by atoms with Crippen LogP contribution in [0.5, 0.6) is 0 Å². The van der Waals surface area contributed by atoms with E-state index >= 15 is 0 Å². The van der Waals surface area contributed by atoms with Gasteiger partial charge in [0.25, 0.3) is 0 Å². The maximum Gasteiger partial charge on any atom is 0.175 e. The molecule has 0 aliphatic carbocycles. The quantitative estimate of drug-likeness (QED) is 0.736. The van der Waals surface area contributed by atoms with Gasteiger partial charge in [-0.1, -0.05) is 0 Å². The van der Waals surface area contributed by atoms with Gasteiger partial charge in [0.1, 0.15) is 11.6 Å². The van der Waals surface area contributed by atoms with E-state index in [1.165, 1.54) is 0 Å². The van der Waals surface area contributed by atoms with Gasteiger partial charge in [0.15, 0.2) is 9.84 Å². The number of halogens is 2. The van der Waals surface area contributed by atoms with E-state index in [1.54, 1.807) is 0 Å². The van der Waals surface area contributed by atoms with Crippen molar-refractivity contribution in [1.82, 2.24) is 0 Å². The summed E-state index contributed by atoms with van der Waals surface area (Å²) in [6.45, 7) is 0. The summed E-state index contributed by atoms with van der Waals surface area (Å²) in [5.74, 6) is -1.97. The topological polar surface area (TPSA) is 34.1 Å². The Hall–Kier alpha value is -0.620. The van der Waals surface area contributed by atoms with E-state index in [0.717, 1.165) is 18.4 Å². The van der Waals surface area contributed by atoms with Gasteiger partial charge in [-0.05, 0) is 12.1 Å². The summed E-state index contributed by atoms with van der Waals surface area (Å²) < 4.78 is 47.4. The van der Waals surface area contributed by atoms with Crippen LogP contribution in [0.25, 0.3) is 0 Å². The van der Waals surface area contributed by atoms with Gasteiger partial charge in [-0.2, -0.15) is 0 Å². The van der Waals surface area contributed by atoms with E-state index < -0.39 is 26.4 Å². The van der Waals surface area contributed by atoms with Crippen molar-refractivity contribution >= 4 is 22.5 Å². The Morgan fingerprint density at radius 3 is 1.92 bits per heavy atom. The summed E-state index contributed by atoms with van der Waals surface area (Å²) in [6.07, 6.45) is 0.874. The van der Waals surface area contributed by atoms with Gasteiger partial charge in [0.05, 0.1) is 9.79 Å². The molecule has 0 aliphatic heterocycles. The second-order valence-electron chi connectivity index (χ2n) is 2.51. The van der Waals surface area contributed by atoms with Crippen LogP contribution >= 0.6 is 12.6 Å². The number of hydrogen-bond donors (Lipinski definition) is 1. The monoisotopic (exact) mass is 224 g/mol.